The fraction of sp³-hybridized carbons (Fsp3) is 0.385. The van der Waals surface area contributed by atoms with E-state index < -0.39 is 6.10 Å². The molecular weight excluding hydrogens is 264 g/mol. The SMILES string of the molecule is CCn1cnnc1CNCC(O)c1ccccc1Cl. The van der Waals surface area contributed by atoms with Crippen molar-refractivity contribution in [1.82, 2.24) is 20.1 Å². The van der Waals surface area contributed by atoms with E-state index in [9.17, 15) is 5.11 Å². The number of aliphatic hydroxyl groups excluding tert-OH is 1. The Morgan fingerprint density at radius 1 is 1.42 bits per heavy atom. The second-order valence-electron chi connectivity index (χ2n) is 4.20. The summed E-state index contributed by atoms with van der Waals surface area (Å²) in [7, 11) is 0. The quantitative estimate of drug-likeness (QED) is 0.847. The highest BCUT2D eigenvalue weighted by atomic mass is 35.5. The Labute approximate surface area is 117 Å². The van der Waals surface area contributed by atoms with Gasteiger partial charge in [0.05, 0.1) is 12.6 Å². The first-order valence-corrected chi connectivity index (χ1v) is 6.60. The van der Waals surface area contributed by atoms with E-state index in [1.54, 1.807) is 12.4 Å². The molecule has 6 heteroatoms. The molecule has 0 aliphatic rings. The zero-order chi connectivity index (χ0) is 13.7. The third-order valence-corrected chi connectivity index (χ3v) is 3.27. The summed E-state index contributed by atoms with van der Waals surface area (Å²) in [6.45, 7) is 3.85. The van der Waals surface area contributed by atoms with E-state index in [1.165, 1.54) is 0 Å². The first-order valence-electron chi connectivity index (χ1n) is 6.22. The zero-order valence-corrected chi connectivity index (χ0v) is 11.5. The lowest BCUT2D eigenvalue weighted by molar-refractivity contribution is 0.174. The molecule has 1 unspecified atom stereocenters. The highest BCUT2D eigenvalue weighted by molar-refractivity contribution is 6.31. The Bertz CT molecular complexity index is 529. The molecule has 0 spiro atoms. The molecular formula is C13H17ClN4O. The fourth-order valence-electron chi connectivity index (χ4n) is 1.86. The van der Waals surface area contributed by atoms with Crippen molar-refractivity contribution >= 4 is 11.6 Å². The second-order valence-corrected chi connectivity index (χ2v) is 4.61. The standard InChI is InChI=1S/C13H17ClN4O/c1-2-18-9-16-17-13(18)8-15-7-12(19)10-5-3-4-6-11(10)14/h3-6,9,12,15,19H,2,7-8H2,1H3. The number of benzene rings is 1. The number of nitrogens with one attached hydrogen (secondary N) is 1. The molecule has 0 fully saturated rings. The maximum Gasteiger partial charge on any atom is 0.146 e. The minimum absolute atomic E-state index is 0.417. The number of nitrogens with zero attached hydrogens (tertiary/aromatic N) is 3. The lowest BCUT2D eigenvalue weighted by Gasteiger charge is -2.13. The average molecular weight is 281 g/mol. The highest BCUT2D eigenvalue weighted by Crippen LogP contribution is 2.21. The molecule has 0 saturated carbocycles. The number of halogens is 1. The van der Waals surface area contributed by atoms with Gasteiger partial charge >= 0.3 is 0 Å². The predicted octanol–water partition coefficient (Wildman–Crippen LogP) is 1.77. The molecule has 0 radical (unpaired) electrons. The van der Waals surface area contributed by atoms with Crippen LogP contribution in [0.4, 0.5) is 0 Å². The summed E-state index contributed by atoms with van der Waals surface area (Å²) < 4.78 is 1.95. The van der Waals surface area contributed by atoms with Crippen LogP contribution in [0.1, 0.15) is 24.4 Å². The van der Waals surface area contributed by atoms with Crippen LogP contribution >= 0.6 is 11.6 Å². The van der Waals surface area contributed by atoms with Crippen molar-refractivity contribution in [3.8, 4) is 0 Å². The Hall–Kier alpha value is -1.43. The molecule has 0 bridgehead atoms. The van der Waals surface area contributed by atoms with Crippen molar-refractivity contribution in [3.63, 3.8) is 0 Å². The van der Waals surface area contributed by atoms with E-state index in [0.717, 1.165) is 17.9 Å². The monoisotopic (exact) mass is 280 g/mol. The van der Waals surface area contributed by atoms with Gasteiger partial charge in [-0.1, -0.05) is 29.8 Å². The fourth-order valence-corrected chi connectivity index (χ4v) is 2.12. The number of hydrogen-bond acceptors (Lipinski definition) is 4. The Morgan fingerprint density at radius 2 is 2.21 bits per heavy atom. The van der Waals surface area contributed by atoms with Crippen molar-refractivity contribution in [2.45, 2.75) is 26.1 Å². The molecule has 102 valence electrons. The van der Waals surface area contributed by atoms with Gasteiger partial charge in [0.1, 0.15) is 12.2 Å². The van der Waals surface area contributed by atoms with Gasteiger partial charge in [-0.2, -0.15) is 0 Å². The normalized spacial score (nSPS) is 12.6. The number of hydrogen-bond donors (Lipinski definition) is 2. The zero-order valence-electron chi connectivity index (χ0n) is 10.8. The van der Waals surface area contributed by atoms with E-state index in [0.29, 0.717) is 18.1 Å². The average Bonchev–Trinajstić information content (AvgIpc) is 2.86. The number of rotatable bonds is 6. The Balaban J connectivity index is 1.88. The first-order chi connectivity index (χ1) is 9.22. The summed E-state index contributed by atoms with van der Waals surface area (Å²) in [6.07, 6.45) is 1.06. The summed E-state index contributed by atoms with van der Waals surface area (Å²) in [5.41, 5.74) is 0.730. The van der Waals surface area contributed by atoms with Gasteiger partial charge in [0.2, 0.25) is 0 Å². The second kappa shape index (κ2) is 6.65. The summed E-state index contributed by atoms with van der Waals surface area (Å²) in [6, 6.07) is 7.30. The predicted molar refractivity (Wildman–Crippen MR) is 73.8 cm³/mol. The topological polar surface area (TPSA) is 63.0 Å². The molecule has 1 atom stereocenters. The molecule has 1 aromatic carbocycles. The lowest BCUT2D eigenvalue weighted by Crippen LogP contribution is -2.23. The van der Waals surface area contributed by atoms with Gasteiger partial charge in [0.15, 0.2) is 0 Å². The summed E-state index contributed by atoms with van der Waals surface area (Å²) in [4.78, 5) is 0. The molecule has 0 aliphatic carbocycles. The van der Waals surface area contributed by atoms with E-state index in [2.05, 4.69) is 15.5 Å². The van der Waals surface area contributed by atoms with Crippen LogP contribution in [-0.2, 0) is 13.1 Å². The molecule has 1 heterocycles. The molecule has 0 amide bonds. The Morgan fingerprint density at radius 3 is 2.95 bits per heavy atom. The molecule has 2 N–H and O–H groups in total. The molecule has 2 aromatic rings. The van der Waals surface area contributed by atoms with Gasteiger partial charge in [-0.05, 0) is 13.0 Å². The van der Waals surface area contributed by atoms with Gasteiger partial charge in [-0.15, -0.1) is 10.2 Å². The summed E-state index contributed by atoms with van der Waals surface area (Å²) >= 11 is 6.03. The van der Waals surface area contributed by atoms with Crippen molar-refractivity contribution in [2.75, 3.05) is 6.54 Å². The van der Waals surface area contributed by atoms with Crippen molar-refractivity contribution in [2.24, 2.45) is 0 Å². The van der Waals surface area contributed by atoms with Crippen LogP contribution < -0.4 is 5.32 Å². The lowest BCUT2D eigenvalue weighted by atomic mass is 10.1. The van der Waals surface area contributed by atoms with Crippen molar-refractivity contribution < 1.29 is 5.11 Å². The third kappa shape index (κ3) is 3.53. The van der Waals surface area contributed by atoms with Crippen LogP contribution in [0.25, 0.3) is 0 Å². The van der Waals surface area contributed by atoms with Gasteiger partial charge < -0.3 is 15.0 Å². The van der Waals surface area contributed by atoms with Crippen LogP contribution in [-0.4, -0.2) is 26.4 Å². The molecule has 2 rings (SSSR count). The van der Waals surface area contributed by atoms with E-state index in [-0.39, 0.29) is 0 Å². The minimum Gasteiger partial charge on any atom is -0.387 e. The highest BCUT2D eigenvalue weighted by Gasteiger charge is 2.11. The third-order valence-electron chi connectivity index (χ3n) is 2.92. The van der Waals surface area contributed by atoms with E-state index in [4.69, 9.17) is 11.6 Å². The van der Waals surface area contributed by atoms with Gasteiger partial charge in [0.25, 0.3) is 0 Å². The number of aryl methyl sites for hydroxylation is 1. The Kier molecular flexibility index (Phi) is 4.90. The summed E-state index contributed by atoms with van der Waals surface area (Å²) in [5.74, 6) is 0.855. The maximum atomic E-state index is 10.1. The molecule has 1 aromatic heterocycles. The van der Waals surface area contributed by atoms with Crippen molar-refractivity contribution in [1.29, 1.82) is 0 Å². The van der Waals surface area contributed by atoms with Crippen LogP contribution in [0.5, 0.6) is 0 Å². The van der Waals surface area contributed by atoms with Crippen LogP contribution in [0, 0.1) is 0 Å². The van der Waals surface area contributed by atoms with Crippen LogP contribution in [0.15, 0.2) is 30.6 Å². The molecule has 0 saturated heterocycles. The largest absolute Gasteiger partial charge is 0.387 e. The summed E-state index contributed by atoms with van der Waals surface area (Å²) in [5, 5.41) is 21.7. The van der Waals surface area contributed by atoms with Crippen LogP contribution in [0.2, 0.25) is 5.02 Å². The smallest absolute Gasteiger partial charge is 0.146 e. The van der Waals surface area contributed by atoms with Crippen molar-refractivity contribution in [3.05, 3.63) is 47.0 Å². The maximum absolute atomic E-state index is 10.1. The van der Waals surface area contributed by atoms with E-state index >= 15 is 0 Å². The van der Waals surface area contributed by atoms with Crippen LogP contribution in [0.3, 0.4) is 0 Å². The number of aliphatic hydroxyl groups is 1. The molecule has 0 aliphatic heterocycles. The number of aromatic nitrogens is 3. The first kappa shape index (κ1) is 14.0. The van der Waals surface area contributed by atoms with E-state index in [1.807, 2.05) is 29.7 Å². The molecule has 19 heavy (non-hydrogen) atoms. The molecule has 5 nitrogen and oxygen atoms in total. The van der Waals surface area contributed by atoms with Gasteiger partial charge in [-0.3, -0.25) is 0 Å². The minimum atomic E-state index is -0.633. The van der Waals surface area contributed by atoms with Gasteiger partial charge in [0, 0.05) is 23.7 Å². The van der Waals surface area contributed by atoms with Gasteiger partial charge in [-0.25, -0.2) is 0 Å².